The zero-order valence-corrected chi connectivity index (χ0v) is 19.8. The van der Waals surface area contributed by atoms with Crippen molar-refractivity contribution in [3.63, 3.8) is 0 Å². The first-order valence-electron chi connectivity index (χ1n) is 11.2. The van der Waals surface area contributed by atoms with E-state index >= 15 is 0 Å². The molecule has 11 nitrogen and oxygen atoms in total. The number of amides is 4. The van der Waals surface area contributed by atoms with Crippen LogP contribution in [0.5, 0.6) is 5.75 Å². The van der Waals surface area contributed by atoms with Gasteiger partial charge in [0, 0.05) is 6.54 Å². The van der Waals surface area contributed by atoms with Gasteiger partial charge in [0.25, 0.3) is 5.91 Å². The molecule has 0 saturated heterocycles. The number of rotatable bonds is 3. The number of nitrogens with zero attached hydrogens (tertiary/aromatic N) is 1. The number of nitrogens with one attached hydrogen (secondary N) is 3. The van der Waals surface area contributed by atoms with Gasteiger partial charge in [-0.2, -0.15) is 0 Å². The molecule has 1 aromatic rings. The van der Waals surface area contributed by atoms with Crippen molar-refractivity contribution < 1.29 is 33.8 Å². The number of ether oxygens (including phenoxy) is 1. The predicted octanol–water partition coefficient (Wildman–Crippen LogP) is 0.146. The number of hydrogen-bond donors (Lipinski definition) is 4. The van der Waals surface area contributed by atoms with Crippen LogP contribution in [-0.4, -0.2) is 77.4 Å². The van der Waals surface area contributed by atoms with Gasteiger partial charge in [0.2, 0.25) is 17.7 Å². The number of para-hydroxylation sites is 1. The zero-order valence-electron chi connectivity index (χ0n) is 19.8. The topological polar surface area (TPSA) is 154 Å². The van der Waals surface area contributed by atoms with Crippen molar-refractivity contribution >= 4 is 29.6 Å². The molecule has 11 heteroatoms. The van der Waals surface area contributed by atoms with Crippen LogP contribution in [0.1, 0.15) is 44.5 Å². The molecule has 0 saturated carbocycles. The van der Waals surface area contributed by atoms with Crippen molar-refractivity contribution in [2.75, 3.05) is 19.7 Å². The number of fused-ring (bicyclic) bond motifs is 1. The Balaban J connectivity index is 2.40. The van der Waals surface area contributed by atoms with Gasteiger partial charge >= 0.3 is 5.97 Å². The van der Waals surface area contributed by atoms with Crippen LogP contribution in [0.4, 0.5) is 0 Å². The Labute approximate surface area is 198 Å². The molecule has 186 valence electrons. The van der Waals surface area contributed by atoms with Crippen LogP contribution in [0.3, 0.4) is 0 Å². The summed E-state index contributed by atoms with van der Waals surface area (Å²) in [6.45, 7) is 6.73. The van der Waals surface area contributed by atoms with E-state index in [-0.39, 0.29) is 36.9 Å². The number of benzene rings is 1. The standard InChI is InChI=1S/C23H32N4O7/c1-5-27-11-18(28)26-20(13(2)3)22(31)24-14(4)12-34-17-9-7-6-8-15(17)21(30)25-16(23(32)33)10-19(27)29/h6-9,13-14,16,20H,5,10-12H2,1-4H3,(H,24,31)(H,25,30)(H,26,28)(H,32,33)/t14-,16-,20+/m0/s1. The zero-order chi connectivity index (χ0) is 25.4. The summed E-state index contributed by atoms with van der Waals surface area (Å²) in [5.74, 6) is -3.73. The van der Waals surface area contributed by atoms with Gasteiger partial charge in [-0.05, 0) is 31.9 Å². The van der Waals surface area contributed by atoms with Crippen LogP contribution >= 0.6 is 0 Å². The van der Waals surface area contributed by atoms with Crippen molar-refractivity contribution in [2.45, 2.75) is 52.2 Å². The second kappa shape index (κ2) is 12.0. The highest BCUT2D eigenvalue weighted by Crippen LogP contribution is 2.19. The van der Waals surface area contributed by atoms with E-state index in [9.17, 15) is 29.1 Å². The van der Waals surface area contributed by atoms with Gasteiger partial charge in [-0.25, -0.2) is 4.79 Å². The largest absolute Gasteiger partial charge is 0.491 e. The third-order valence-electron chi connectivity index (χ3n) is 5.33. The minimum atomic E-state index is -1.51. The maximum atomic E-state index is 12.8. The molecule has 0 aliphatic carbocycles. The summed E-state index contributed by atoms with van der Waals surface area (Å²) >= 11 is 0. The molecule has 1 heterocycles. The lowest BCUT2D eigenvalue weighted by Crippen LogP contribution is -2.54. The number of likely N-dealkylation sites (N-methyl/N-ethyl adjacent to an activating group) is 1. The second-order valence-electron chi connectivity index (χ2n) is 8.48. The fourth-order valence-electron chi connectivity index (χ4n) is 3.41. The van der Waals surface area contributed by atoms with Crippen LogP contribution < -0.4 is 20.7 Å². The van der Waals surface area contributed by atoms with E-state index in [1.54, 1.807) is 45.9 Å². The van der Waals surface area contributed by atoms with Crippen molar-refractivity contribution in [2.24, 2.45) is 5.92 Å². The van der Waals surface area contributed by atoms with Gasteiger partial charge in [0.1, 0.15) is 24.4 Å². The Morgan fingerprint density at radius 3 is 2.44 bits per heavy atom. The predicted molar refractivity (Wildman–Crippen MR) is 122 cm³/mol. The molecule has 0 spiro atoms. The molecule has 0 radical (unpaired) electrons. The van der Waals surface area contributed by atoms with Gasteiger partial charge in [-0.15, -0.1) is 0 Å². The normalized spacial score (nSPS) is 23.2. The molecule has 2 rings (SSSR count). The number of aliphatic carboxylic acids is 1. The maximum absolute atomic E-state index is 12.8. The summed E-state index contributed by atoms with van der Waals surface area (Å²) in [6, 6.07) is 3.46. The van der Waals surface area contributed by atoms with Crippen molar-refractivity contribution in [3.05, 3.63) is 29.8 Å². The molecule has 0 bridgehead atoms. The van der Waals surface area contributed by atoms with Gasteiger partial charge < -0.3 is 30.7 Å². The number of carbonyl (C=O) groups is 5. The van der Waals surface area contributed by atoms with Gasteiger partial charge in [0.15, 0.2) is 0 Å². The number of carbonyl (C=O) groups excluding carboxylic acids is 4. The molecule has 3 atom stereocenters. The molecule has 4 amide bonds. The molecule has 0 fully saturated rings. The van der Waals surface area contributed by atoms with Crippen LogP contribution in [0.25, 0.3) is 0 Å². The highest BCUT2D eigenvalue weighted by atomic mass is 16.5. The SMILES string of the molecule is CCN1CC(=O)N[C@H](C(C)C)C(=O)N[C@@H](C)COc2ccccc2C(=O)N[C@H](C(=O)O)CC1=O. The Morgan fingerprint density at radius 2 is 1.82 bits per heavy atom. The average molecular weight is 477 g/mol. The molecule has 1 aliphatic rings. The highest BCUT2D eigenvalue weighted by molar-refractivity contribution is 6.00. The quantitative estimate of drug-likeness (QED) is 0.484. The average Bonchev–Trinajstić information content (AvgIpc) is 2.78. The molecule has 4 N–H and O–H groups in total. The summed E-state index contributed by atoms with van der Waals surface area (Å²) in [7, 11) is 0. The van der Waals surface area contributed by atoms with Gasteiger partial charge in [0.05, 0.1) is 24.6 Å². The first kappa shape index (κ1) is 26.6. The second-order valence-corrected chi connectivity index (χ2v) is 8.48. The Kier molecular flexibility index (Phi) is 9.40. The lowest BCUT2D eigenvalue weighted by atomic mass is 10.0. The minimum Gasteiger partial charge on any atom is -0.491 e. The Hall–Kier alpha value is -3.63. The lowest BCUT2D eigenvalue weighted by Gasteiger charge is -2.26. The van der Waals surface area contributed by atoms with Crippen molar-refractivity contribution in [1.29, 1.82) is 0 Å². The van der Waals surface area contributed by atoms with E-state index in [1.165, 1.54) is 11.0 Å². The molecule has 1 aliphatic heterocycles. The molecular formula is C23H32N4O7. The molecule has 0 aromatic heterocycles. The summed E-state index contributed by atoms with van der Waals surface area (Å²) in [4.78, 5) is 63.9. The van der Waals surface area contributed by atoms with E-state index in [2.05, 4.69) is 16.0 Å². The maximum Gasteiger partial charge on any atom is 0.326 e. The molecule has 34 heavy (non-hydrogen) atoms. The van der Waals surface area contributed by atoms with E-state index in [0.29, 0.717) is 0 Å². The van der Waals surface area contributed by atoms with E-state index in [4.69, 9.17) is 4.74 Å². The highest BCUT2D eigenvalue weighted by Gasteiger charge is 2.30. The first-order chi connectivity index (χ1) is 16.0. The molecule has 0 unspecified atom stereocenters. The van der Waals surface area contributed by atoms with Gasteiger partial charge in [-0.3, -0.25) is 19.2 Å². The fraction of sp³-hybridized carbons (Fsp3) is 0.522. The monoisotopic (exact) mass is 476 g/mol. The lowest BCUT2D eigenvalue weighted by molar-refractivity contribution is -0.144. The Bertz CT molecular complexity index is 934. The van der Waals surface area contributed by atoms with E-state index < -0.39 is 54.1 Å². The summed E-state index contributed by atoms with van der Waals surface area (Å²) in [5, 5.41) is 17.4. The van der Waals surface area contributed by atoms with Crippen LogP contribution in [-0.2, 0) is 19.2 Å². The van der Waals surface area contributed by atoms with E-state index in [0.717, 1.165) is 0 Å². The number of carboxylic acids is 1. The van der Waals surface area contributed by atoms with Crippen LogP contribution in [0.2, 0.25) is 0 Å². The summed E-state index contributed by atoms with van der Waals surface area (Å²) < 4.78 is 5.73. The van der Waals surface area contributed by atoms with Gasteiger partial charge in [-0.1, -0.05) is 26.0 Å². The first-order valence-corrected chi connectivity index (χ1v) is 11.2. The number of carboxylic acid groups (broad SMARTS) is 1. The van der Waals surface area contributed by atoms with Crippen molar-refractivity contribution in [3.8, 4) is 5.75 Å². The summed E-state index contributed by atoms with van der Waals surface area (Å²) in [6.07, 6.45) is -0.545. The summed E-state index contributed by atoms with van der Waals surface area (Å²) in [5.41, 5.74) is 0.0910. The minimum absolute atomic E-state index is 0.0270. The Morgan fingerprint density at radius 1 is 1.15 bits per heavy atom. The number of hydrogen-bond acceptors (Lipinski definition) is 6. The third-order valence-corrected chi connectivity index (χ3v) is 5.33. The van der Waals surface area contributed by atoms with Crippen molar-refractivity contribution in [1.82, 2.24) is 20.9 Å². The molecule has 1 aromatic carbocycles. The van der Waals surface area contributed by atoms with Crippen LogP contribution in [0, 0.1) is 5.92 Å². The van der Waals surface area contributed by atoms with Crippen LogP contribution in [0.15, 0.2) is 24.3 Å². The molecular weight excluding hydrogens is 444 g/mol. The third kappa shape index (κ3) is 7.19. The van der Waals surface area contributed by atoms with E-state index in [1.807, 2.05) is 0 Å². The fourth-order valence-corrected chi connectivity index (χ4v) is 3.41. The smallest absolute Gasteiger partial charge is 0.326 e.